The molecule has 150 valence electrons. The van der Waals surface area contributed by atoms with Gasteiger partial charge in [0.25, 0.3) is 15.9 Å². The maximum Gasteiger partial charge on any atom is 0.262 e. The van der Waals surface area contributed by atoms with Crippen LogP contribution in [0.4, 0.5) is 11.4 Å². The van der Waals surface area contributed by atoms with Gasteiger partial charge < -0.3 is 10.1 Å². The van der Waals surface area contributed by atoms with Crippen LogP contribution in [0.25, 0.3) is 0 Å². The number of anilines is 2. The second-order valence-electron chi connectivity index (χ2n) is 5.90. The Morgan fingerprint density at radius 1 is 0.897 bits per heavy atom. The quantitative estimate of drug-likeness (QED) is 0.540. The Balaban J connectivity index is 1.58. The van der Waals surface area contributed by atoms with E-state index in [0.717, 1.165) is 0 Å². The molecule has 0 aliphatic rings. The van der Waals surface area contributed by atoms with Crippen LogP contribution >= 0.6 is 23.2 Å². The highest BCUT2D eigenvalue weighted by Gasteiger charge is 2.14. The van der Waals surface area contributed by atoms with Gasteiger partial charge in [-0.05, 0) is 60.7 Å². The topological polar surface area (TPSA) is 84.5 Å². The normalized spacial score (nSPS) is 11.0. The fourth-order valence-corrected chi connectivity index (χ4v) is 3.71. The molecule has 29 heavy (non-hydrogen) atoms. The molecule has 9 heteroatoms. The van der Waals surface area contributed by atoms with Gasteiger partial charge in [-0.15, -0.1) is 0 Å². The molecule has 0 saturated heterocycles. The predicted molar refractivity (Wildman–Crippen MR) is 114 cm³/mol. The minimum Gasteiger partial charge on any atom is -0.484 e. The third kappa shape index (κ3) is 5.87. The van der Waals surface area contributed by atoms with E-state index < -0.39 is 10.0 Å². The van der Waals surface area contributed by atoms with E-state index >= 15 is 0 Å². The second kappa shape index (κ2) is 9.17. The number of hydrogen-bond acceptors (Lipinski definition) is 4. The fraction of sp³-hybridized carbons (Fsp3) is 0.0500. The van der Waals surface area contributed by atoms with Crippen molar-refractivity contribution in [2.45, 2.75) is 4.90 Å². The lowest BCUT2D eigenvalue weighted by molar-refractivity contribution is -0.118. The van der Waals surface area contributed by atoms with Crippen LogP contribution in [0.3, 0.4) is 0 Å². The number of hydrogen-bond donors (Lipinski definition) is 2. The zero-order valence-corrected chi connectivity index (χ0v) is 17.3. The van der Waals surface area contributed by atoms with E-state index in [-0.39, 0.29) is 17.4 Å². The largest absolute Gasteiger partial charge is 0.484 e. The molecule has 0 unspecified atom stereocenters. The molecular weight excluding hydrogens is 435 g/mol. The molecule has 0 aliphatic carbocycles. The van der Waals surface area contributed by atoms with Crippen molar-refractivity contribution in [3.63, 3.8) is 0 Å². The van der Waals surface area contributed by atoms with Crippen molar-refractivity contribution in [2.24, 2.45) is 0 Å². The first kappa shape index (κ1) is 21.0. The van der Waals surface area contributed by atoms with E-state index in [4.69, 9.17) is 27.9 Å². The van der Waals surface area contributed by atoms with Crippen molar-refractivity contribution in [3.8, 4) is 5.75 Å². The number of nitrogens with one attached hydrogen (secondary N) is 2. The molecule has 0 saturated carbocycles. The van der Waals surface area contributed by atoms with Gasteiger partial charge in [-0.25, -0.2) is 8.42 Å². The molecule has 0 aromatic heterocycles. The third-order valence-electron chi connectivity index (χ3n) is 3.75. The number of rotatable bonds is 7. The first-order valence-corrected chi connectivity index (χ1v) is 10.6. The molecule has 0 heterocycles. The van der Waals surface area contributed by atoms with Crippen LogP contribution in [-0.2, 0) is 14.8 Å². The van der Waals surface area contributed by atoms with Crippen molar-refractivity contribution in [2.75, 3.05) is 16.6 Å². The highest BCUT2D eigenvalue weighted by atomic mass is 35.5. The Morgan fingerprint density at radius 3 is 2.21 bits per heavy atom. The van der Waals surface area contributed by atoms with E-state index in [1.54, 1.807) is 48.5 Å². The number of carbonyl (C=O) groups is 1. The van der Waals surface area contributed by atoms with Gasteiger partial charge in [0.1, 0.15) is 5.75 Å². The summed E-state index contributed by atoms with van der Waals surface area (Å²) in [6.45, 7) is -0.250. The van der Waals surface area contributed by atoms with Gasteiger partial charge in [0.2, 0.25) is 0 Å². The van der Waals surface area contributed by atoms with Crippen LogP contribution < -0.4 is 14.8 Å². The average molecular weight is 451 g/mol. The lowest BCUT2D eigenvalue weighted by Gasteiger charge is -2.10. The smallest absolute Gasteiger partial charge is 0.262 e. The Bertz CT molecular complexity index is 1100. The van der Waals surface area contributed by atoms with Gasteiger partial charge in [-0.3, -0.25) is 9.52 Å². The van der Waals surface area contributed by atoms with Crippen molar-refractivity contribution < 1.29 is 17.9 Å². The summed E-state index contributed by atoms with van der Waals surface area (Å²) in [5.74, 6) is -0.0380. The SMILES string of the molecule is O=C(COc1ccc(S(=O)(=O)Nc2ccc(Cl)cc2)cc1)Nc1ccccc1Cl. The summed E-state index contributed by atoms with van der Waals surface area (Å²) in [7, 11) is -3.76. The highest BCUT2D eigenvalue weighted by Crippen LogP contribution is 2.22. The Morgan fingerprint density at radius 2 is 1.55 bits per heavy atom. The third-order valence-corrected chi connectivity index (χ3v) is 5.73. The standard InChI is InChI=1S/C20H16Cl2N2O4S/c21-14-5-7-15(8-6-14)24-29(26,27)17-11-9-16(10-12-17)28-13-20(25)23-19-4-2-1-3-18(19)22/h1-12,24H,13H2,(H,23,25). The molecule has 3 aromatic carbocycles. The van der Waals surface area contributed by atoms with Crippen LogP contribution in [0.2, 0.25) is 10.0 Å². The maximum atomic E-state index is 12.4. The molecule has 6 nitrogen and oxygen atoms in total. The van der Waals surface area contributed by atoms with E-state index in [1.165, 1.54) is 24.3 Å². The van der Waals surface area contributed by atoms with Gasteiger partial charge in [-0.1, -0.05) is 35.3 Å². The van der Waals surface area contributed by atoms with E-state index in [9.17, 15) is 13.2 Å². The van der Waals surface area contributed by atoms with E-state index in [0.29, 0.717) is 27.2 Å². The number of benzene rings is 3. The Hall–Kier alpha value is -2.74. The van der Waals surface area contributed by atoms with E-state index in [1.807, 2.05) is 0 Å². The molecule has 0 atom stereocenters. The number of halogens is 2. The molecule has 2 N–H and O–H groups in total. The average Bonchev–Trinajstić information content (AvgIpc) is 2.70. The monoisotopic (exact) mass is 450 g/mol. The van der Waals surface area contributed by atoms with E-state index in [2.05, 4.69) is 10.0 Å². The summed E-state index contributed by atoms with van der Waals surface area (Å²) < 4.78 is 32.7. The van der Waals surface area contributed by atoms with Gasteiger partial charge in [0, 0.05) is 10.7 Å². The number of carbonyl (C=O) groups excluding carboxylic acids is 1. The molecule has 3 rings (SSSR count). The van der Waals surface area contributed by atoms with Crippen LogP contribution in [0, 0.1) is 0 Å². The summed E-state index contributed by atoms with van der Waals surface area (Å²) in [5, 5.41) is 3.56. The molecule has 1 amide bonds. The molecule has 0 aliphatic heterocycles. The van der Waals surface area contributed by atoms with Crippen LogP contribution in [-0.4, -0.2) is 20.9 Å². The van der Waals surface area contributed by atoms with Gasteiger partial charge in [-0.2, -0.15) is 0 Å². The summed E-state index contributed by atoms with van der Waals surface area (Å²) in [6.07, 6.45) is 0. The van der Waals surface area contributed by atoms with Crippen molar-refractivity contribution in [1.82, 2.24) is 0 Å². The van der Waals surface area contributed by atoms with Crippen LogP contribution in [0.15, 0.2) is 77.7 Å². The molecule has 0 spiro atoms. The Labute approximate surface area is 178 Å². The first-order valence-electron chi connectivity index (χ1n) is 8.39. The van der Waals surface area contributed by atoms with Gasteiger partial charge in [0.15, 0.2) is 6.61 Å². The number of sulfonamides is 1. The first-order chi connectivity index (χ1) is 13.8. The lowest BCUT2D eigenvalue weighted by atomic mass is 10.3. The van der Waals surface area contributed by atoms with Crippen molar-refractivity contribution in [3.05, 3.63) is 82.8 Å². The molecular formula is C20H16Cl2N2O4S. The zero-order chi connectivity index (χ0) is 20.9. The molecule has 0 fully saturated rings. The highest BCUT2D eigenvalue weighted by molar-refractivity contribution is 7.92. The molecule has 3 aromatic rings. The lowest BCUT2D eigenvalue weighted by Crippen LogP contribution is -2.20. The molecule has 0 radical (unpaired) electrons. The van der Waals surface area contributed by atoms with Crippen molar-refractivity contribution in [1.29, 1.82) is 0 Å². The maximum absolute atomic E-state index is 12.4. The minimum absolute atomic E-state index is 0.0559. The summed E-state index contributed by atoms with van der Waals surface area (Å²) in [6, 6.07) is 18.9. The second-order valence-corrected chi connectivity index (χ2v) is 8.43. The summed E-state index contributed by atoms with van der Waals surface area (Å²) >= 11 is 11.8. The predicted octanol–water partition coefficient (Wildman–Crippen LogP) is 4.81. The van der Waals surface area contributed by atoms with Gasteiger partial charge >= 0.3 is 0 Å². The van der Waals surface area contributed by atoms with Crippen LogP contribution in [0.5, 0.6) is 5.75 Å². The minimum atomic E-state index is -3.76. The molecule has 0 bridgehead atoms. The number of para-hydroxylation sites is 1. The fourth-order valence-electron chi connectivity index (χ4n) is 2.34. The van der Waals surface area contributed by atoms with Gasteiger partial charge in [0.05, 0.1) is 15.6 Å². The summed E-state index contributed by atoms with van der Waals surface area (Å²) in [4.78, 5) is 12.0. The van der Waals surface area contributed by atoms with Crippen LogP contribution in [0.1, 0.15) is 0 Å². The van der Waals surface area contributed by atoms with Crippen molar-refractivity contribution >= 4 is 50.5 Å². The zero-order valence-electron chi connectivity index (χ0n) is 14.9. The summed E-state index contributed by atoms with van der Waals surface area (Å²) in [5.41, 5.74) is 0.878. The number of ether oxygens (including phenoxy) is 1. The number of amides is 1. The Kier molecular flexibility index (Phi) is 6.64.